The fourth-order valence-electron chi connectivity index (χ4n) is 3.19. The summed E-state index contributed by atoms with van der Waals surface area (Å²) in [7, 11) is 0. The summed E-state index contributed by atoms with van der Waals surface area (Å²) in [6, 6.07) is 16.0. The first-order valence-electron chi connectivity index (χ1n) is 9.52. The molecule has 0 fully saturated rings. The fourth-order valence-corrected chi connectivity index (χ4v) is 3.45. The van der Waals surface area contributed by atoms with E-state index in [0.29, 0.717) is 17.9 Å². The van der Waals surface area contributed by atoms with Crippen LogP contribution in [0.2, 0.25) is 0 Å². The Morgan fingerprint density at radius 1 is 1.03 bits per heavy atom. The van der Waals surface area contributed by atoms with Crippen LogP contribution in [0.25, 0.3) is 28.2 Å². The van der Waals surface area contributed by atoms with E-state index in [1.54, 1.807) is 0 Å². The minimum Gasteiger partial charge on any atom is -0.330 e. The number of nitrogens with two attached hydrogens (primary N) is 1. The standard InChI is InChI=1S/C22H22BrN5O/c23-18-8-6-17(7-9-18)20-14-28-13-19(21(29)27-22(28)26-20)16-4-2-15(3-5-16)12-25-11-1-10-24/h2-9,13-14,25H,1,10-12,24H2,(H,26,27,29). The molecule has 29 heavy (non-hydrogen) atoms. The second kappa shape index (κ2) is 8.73. The minimum absolute atomic E-state index is 0.247. The van der Waals surface area contributed by atoms with Crippen LogP contribution in [0, 0.1) is 0 Å². The third kappa shape index (κ3) is 4.48. The Kier molecular flexibility index (Phi) is 5.89. The van der Waals surface area contributed by atoms with Crippen molar-refractivity contribution in [3.63, 3.8) is 0 Å². The maximum absolute atomic E-state index is 12.6. The van der Waals surface area contributed by atoms with Crippen LogP contribution in [0.15, 0.2) is 70.2 Å². The second-order valence-corrected chi connectivity index (χ2v) is 7.80. The predicted molar refractivity (Wildman–Crippen MR) is 120 cm³/mol. The van der Waals surface area contributed by atoms with E-state index in [0.717, 1.165) is 40.8 Å². The number of halogens is 1. The van der Waals surface area contributed by atoms with E-state index in [4.69, 9.17) is 5.73 Å². The number of benzene rings is 2. The van der Waals surface area contributed by atoms with Gasteiger partial charge < -0.3 is 16.0 Å². The molecule has 4 aromatic rings. The van der Waals surface area contributed by atoms with Crippen LogP contribution in [-0.4, -0.2) is 27.5 Å². The summed E-state index contributed by atoms with van der Waals surface area (Å²) in [6.07, 6.45) is 4.74. The van der Waals surface area contributed by atoms with Crippen LogP contribution >= 0.6 is 15.9 Å². The molecule has 0 atom stereocenters. The molecule has 0 aliphatic carbocycles. The zero-order chi connectivity index (χ0) is 20.2. The van der Waals surface area contributed by atoms with Crippen LogP contribution in [0.3, 0.4) is 0 Å². The number of H-pyrrole nitrogens is 1. The molecule has 2 aromatic carbocycles. The van der Waals surface area contributed by atoms with E-state index < -0.39 is 0 Å². The SMILES string of the molecule is NCCCNCc1ccc(-c2cn3cc(-c4ccc(Br)cc4)[nH]c3nc2=O)cc1. The van der Waals surface area contributed by atoms with Gasteiger partial charge in [0.15, 0.2) is 0 Å². The van der Waals surface area contributed by atoms with Gasteiger partial charge in [0, 0.05) is 23.4 Å². The number of aromatic nitrogens is 3. The highest BCUT2D eigenvalue weighted by molar-refractivity contribution is 9.10. The molecule has 148 valence electrons. The van der Waals surface area contributed by atoms with Crippen molar-refractivity contribution < 1.29 is 0 Å². The molecule has 0 unspecified atom stereocenters. The average Bonchev–Trinajstić information content (AvgIpc) is 3.14. The Balaban J connectivity index is 1.60. The molecule has 0 aliphatic heterocycles. The summed E-state index contributed by atoms with van der Waals surface area (Å²) < 4.78 is 2.88. The Morgan fingerprint density at radius 2 is 1.76 bits per heavy atom. The molecule has 7 heteroatoms. The quantitative estimate of drug-likeness (QED) is 0.374. The van der Waals surface area contributed by atoms with E-state index in [-0.39, 0.29) is 5.56 Å². The highest BCUT2D eigenvalue weighted by Crippen LogP contribution is 2.22. The molecule has 0 aliphatic rings. The number of hydrogen-bond donors (Lipinski definition) is 3. The van der Waals surface area contributed by atoms with Crippen LogP contribution in [0.5, 0.6) is 0 Å². The lowest BCUT2D eigenvalue weighted by atomic mass is 10.1. The van der Waals surface area contributed by atoms with Gasteiger partial charge in [-0.25, -0.2) is 0 Å². The van der Waals surface area contributed by atoms with Gasteiger partial charge in [0.05, 0.1) is 11.3 Å². The van der Waals surface area contributed by atoms with Gasteiger partial charge in [-0.2, -0.15) is 4.98 Å². The van der Waals surface area contributed by atoms with Crippen molar-refractivity contribution in [2.75, 3.05) is 13.1 Å². The monoisotopic (exact) mass is 451 g/mol. The third-order valence-electron chi connectivity index (χ3n) is 4.77. The second-order valence-electron chi connectivity index (χ2n) is 6.88. The summed E-state index contributed by atoms with van der Waals surface area (Å²) in [5.41, 5.74) is 9.78. The van der Waals surface area contributed by atoms with Gasteiger partial charge in [0.25, 0.3) is 5.56 Å². The van der Waals surface area contributed by atoms with Gasteiger partial charge in [-0.3, -0.25) is 9.20 Å². The van der Waals surface area contributed by atoms with Crippen molar-refractivity contribution in [3.05, 3.63) is 81.3 Å². The Labute approximate surface area is 176 Å². The zero-order valence-corrected chi connectivity index (χ0v) is 17.4. The number of nitrogens with one attached hydrogen (secondary N) is 2. The van der Waals surface area contributed by atoms with Gasteiger partial charge in [-0.1, -0.05) is 52.3 Å². The molecular formula is C22H22BrN5O. The molecule has 4 N–H and O–H groups in total. The summed E-state index contributed by atoms with van der Waals surface area (Å²) in [6.45, 7) is 2.37. The maximum Gasteiger partial charge on any atom is 0.282 e. The summed E-state index contributed by atoms with van der Waals surface area (Å²) in [5, 5.41) is 3.35. The molecule has 0 saturated heterocycles. The van der Waals surface area contributed by atoms with Crippen molar-refractivity contribution in [2.45, 2.75) is 13.0 Å². The lowest BCUT2D eigenvalue weighted by Gasteiger charge is -2.06. The lowest BCUT2D eigenvalue weighted by Crippen LogP contribution is -2.17. The third-order valence-corrected chi connectivity index (χ3v) is 5.30. The topological polar surface area (TPSA) is 88.2 Å². The number of nitrogens with zero attached hydrogens (tertiary/aromatic N) is 2. The van der Waals surface area contributed by atoms with Gasteiger partial charge in [-0.15, -0.1) is 0 Å². The fraction of sp³-hybridized carbons (Fsp3) is 0.182. The first kappa shape index (κ1) is 19.6. The molecule has 0 amide bonds. The van der Waals surface area contributed by atoms with Crippen LogP contribution in [-0.2, 0) is 6.54 Å². The van der Waals surface area contributed by atoms with E-state index >= 15 is 0 Å². The molecular weight excluding hydrogens is 430 g/mol. The first-order chi connectivity index (χ1) is 14.1. The van der Waals surface area contributed by atoms with Crippen LogP contribution in [0.4, 0.5) is 0 Å². The van der Waals surface area contributed by atoms with Gasteiger partial charge in [0.2, 0.25) is 5.78 Å². The van der Waals surface area contributed by atoms with Crippen molar-refractivity contribution in [1.82, 2.24) is 19.7 Å². The summed E-state index contributed by atoms with van der Waals surface area (Å²) in [4.78, 5) is 20.0. The number of imidazole rings is 1. The molecule has 4 rings (SSSR count). The van der Waals surface area contributed by atoms with Crippen LogP contribution < -0.4 is 16.6 Å². The van der Waals surface area contributed by atoms with E-state index in [2.05, 4.69) is 31.2 Å². The number of fused-ring (bicyclic) bond motifs is 1. The minimum atomic E-state index is -0.247. The van der Waals surface area contributed by atoms with Crippen LogP contribution in [0.1, 0.15) is 12.0 Å². The first-order valence-corrected chi connectivity index (χ1v) is 10.3. The highest BCUT2D eigenvalue weighted by Gasteiger charge is 2.10. The van der Waals surface area contributed by atoms with Crippen molar-refractivity contribution in [2.24, 2.45) is 5.73 Å². The Morgan fingerprint density at radius 3 is 2.48 bits per heavy atom. The molecule has 0 saturated carbocycles. The average molecular weight is 452 g/mol. The summed E-state index contributed by atoms with van der Waals surface area (Å²) >= 11 is 3.45. The Hall–Kier alpha value is -2.74. The molecule has 0 bridgehead atoms. The Bertz CT molecular complexity index is 1160. The highest BCUT2D eigenvalue weighted by atomic mass is 79.9. The molecule has 0 spiro atoms. The van der Waals surface area contributed by atoms with E-state index in [1.807, 2.05) is 65.3 Å². The van der Waals surface area contributed by atoms with Crippen molar-refractivity contribution in [3.8, 4) is 22.4 Å². The summed E-state index contributed by atoms with van der Waals surface area (Å²) in [5.74, 6) is 0.525. The smallest absolute Gasteiger partial charge is 0.282 e. The zero-order valence-electron chi connectivity index (χ0n) is 15.9. The predicted octanol–water partition coefficient (Wildman–Crippen LogP) is 3.56. The molecule has 2 heterocycles. The van der Waals surface area contributed by atoms with Crippen molar-refractivity contribution in [1.29, 1.82) is 0 Å². The van der Waals surface area contributed by atoms with Gasteiger partial charge in [-0.05, 0) is 48.3 Å². The van der Waals surface area contributed by atoms with Gasteiger partial charge in [0.1, 0.15) is 0 Å². The number of hydrogen-bond acceptors (Lipinski definition) is 4. The normalized spacial score (nSPS) is 11.2. The van der Waals surface area contributed by atoms with E-state index in [9.17, 15) is 4.79 Å². The molecule has 0 radical (unpaired) electrons. The molecule has 6 nitrogen and oxygen atoms in total. The molecule has 2 aromatic heterocycles. The number of rotatable bonds is 7. The number of aromatic amines is 1. The van der Waals surface area contributed by atoms with Gasteiger partial charge >= 0.3 is 0 Å². The lowest BCUT2D eigenvalue weighted by molar-refractivity contribution is 0.655. The largest absolute Gasteiger partial charge is 0.330 e. The van der Waals surface area contributed by atoms with E-state index in [1.165, 1.54) is 5.56 Å². The maximum atomic E-state index is 12.6. The van der Waals surface area contributed by atoms with Crippen molar-refractivity contribution >= 4 is 21.7 Å².